The van der Waals surface area contributed by atoms with Crippen LogP contribution >= 0.6 is 0 Å². The van der Waals surface area contributed by atoms with Gasteiger partial charge in [0.05, 0.1) is 0 Å². The number of fused-ring (bicyclic) bond motifs is 26. The molecule has 2 aromatic heterocycles. The number of furan rings is 2. The predicted octanol–water partition coefficient (Wildman–Crippen LogP) is 36.9. The molecule has 0 N–H and O–H groups in total. The minimum Gasteiger partial charge on any atom is -0.455 e. The molecule has 0 saturated heterocycles. The van der Waals surface area contributed by atoms with E-state index in [0.29, 0.717) is 0 Å². The van der Waals surface area contributed by atoms with Crippen molar-refractivity contribution in [3.63, 3.8) is 0 Å². The molecule has 0 radical (unpaired) electrons. The van der Waals surface area contributed by atoms with Crippen molar-refractivity contribution in [3.05, 3.63) is 297 Å². The van der Waals surface area contributed by atoms with Crippen LogP contribution in [-0.4, -0.2) is 0 Å². The van der Waals surface area contributed by atoms with E-state index in [1.54, 1.807) is 22.3 Å². The van der Waals surface area contributed by atoms with E-state index in [2.05, 4.69) is 314 Å². The van der Waals surface area contributed by atoms with Crippen molar-refractivity contribution in [2.24, 2.45) is 0 Å². The van der Waals surface area contributed by atoms with Crippen molar-refractivity contribution in [1.82, 2.24) is 0 Å². The summed E-state index contributed by atoms with van der Waals surface area (Å²) in [5.74, 6) is 0. The molecule has 2 heterocycles. The average molecular weight is 1650 g/mol. The third kappa shape index (κ3) is 13.1. The first-order chi connectivity index (χ1) is 61.3. The minimum atomic E-state index is -0.387. The number of unbranched alkanes of at least 4 members (excludes halogenated alkanes) is 20. The lowest BCUT2D eigenvalue weighted by Crippen LogP contribution is -2.25. The maximum Gasteiger partial charge on any atom is 0.144 e. The van der Waals surface area contributed by atoms with E-state index < -0.39 is 0 Å². The fourth-order valence-corrected chi connectivity index (χ4v) is 25.7. The highest BCUT2D eigenvalue weighted by molar-refractivity contribution is 6.21. The first-order valence-electron chi connectivity index (χ1n) is 49.6. The van der Waals surface area contributed by atoms with E-state index in [4.69, 9.17) is 8.83 Å². The number of hydrogen-bond donors (Lipinski definition) is 0. The van der Waals surface area contributed by atoms with Crippen molar-refractivity contribution < 1.29 is 8.83 Å². The van der Waals surface area contributed by atoms with Crippen LogP contribution in [0.5, 0.6) is 0 Å². The summed E-state index contributed by atoms with van der Waals surface area (Å²) in [6.07, 6.45) is 36.5. The summed E-state index contributed by atoms with van der Waals surface area (Å²) in [5.41, 5.74) is 46.1. The van der Waals surface area contributed by atoms with Crippen molar-refractivity contribution in [1.29, 1.82) is 0 Å². The van der Waals surface area contributed by atoms with Gasteiger partial charge in [0.25, 0.3) is 0 Å². The number of benzene rings is 13. The molecule has 0 amide bonds. The Morgan fingerprint density at radius 2 is 0.444 bits per heavy atom. The maximum absolute atomic E-state index is 7.42. The maximum atomic E-state index is 7.42. The van der Waals surface area contributed by atoms with Gasteiger partial charge in [0.15, 0.2) is 0 Å². The molecule has 0 unspecified atom stereocenters. The summed E-state index contributed by atoms with van der Waals surface area (Å²) in [6.45, 7) is 29.1. The van der Waals surface area contributed by atoms with E-state index in [1.807, 2.05) is 0 Å². The zero-order chi connectivity index (χ0) is 86.2. The van der Waals surface area contributed by atoms with Crippen LogP contribution in [0.25, 0.3) is 155 Å². The first kappa shape index (κ1) is 82.4. The Labute approximate surface area is 751 Å². The van der Waals surface area contributed by atoms with Gasteiger partial charge in [-0.25, -0.2) is 0 Å². The molecule has 13 aromatic carbocycles. The van der Waals surface area contributed by atoms with Gasteiger partial charge in [-0.15, -0.1) is 0 Å². The Bertz CT molecular complexity index is 6360. The molecule has 0 bridgehead atoms. The first-order valence-corrected chi connectivity index (χ1v) is 49.6. The molecule has 15 aromatic rings. The van der Waals surface area contributed by atoms with Crippen molar-refractivity contribution in [2.75, 3.05) is 0 Å². The van der Waals surface area contributed by atoms with Gasteiger partial charge in [-0.1, -0.05) is 395 Å². The number of para-hydroxylation sites is 2. The van der Waals surface area contributed by atoms with Crippen LogP contribution in [0.4, 0.5) is 0 Å². The molecule has 0 aliphatic heterocycles. The van der Waals surface area contributed by atoms with Gasteiger partial charge < -0.3 is 8.83 Å². The summed E-state index contributed by atoms with van der Waals surface area (Å²) in [4.78, 5) is 0. The Morgan fingerprint density at radius 3 is 0.786 bits per heavy atom. The largest absolute Gasteiger partial charge is 0.455 e. The Hall–Kier alpha value is -10.5. The van der Waals surface area contributed by atoms with Crippen LogP contribution in [0.2, 0.25) is 0 Å². The molecular formula is C124H130O2. The molecule has 2 nitrogen and oxygen atoms in total. The summed E-state index contributed by atoms with van der Waals surface area (Å²) < 4.78 is 14.8. The fourth-order valence-electron chi connectivity index (χ4n) is 25.7. The second-order valence-electron chi connectivity index (χ2n) is 41.6. The second kappa shape index (κ2) is 32.3. The second-order valence-corrected chi connectivity index (χ2v) is 41.6. The third-order valence-corrected chi connectivity index (χ3v) is 32.7. The van der Waals surface area contributed by atoms with E-state index in [-0.39, 0.29) is 32.5 Å². The van der Waals surface area contributed by atoms with Crippen LogP contribution in [0.15, 0.2) is 239 Å². The third-order valence-electron chi connectivity index (χ3n) is 32.7. The molecule has 2 heteroatoms. The summed E-state index contributed by atoms with van der Waals surface area (Å²) >= 11 is 0. The van der Waals surface area contributed by atoms with Gasteiger partial charge in [-0.3, -0.25) is 0 Å². The summed E-state index contributed by atoms with van der Waals surface area (Å²) in [7, 11) is 0. The topological polar surface area (TPSA) is 26.3 Å². The molecule has 0 spiro atoms. The summed E-state index contributed by atoms with van der Waals surface area (Å²) in [6, 6.07) is 91.9. The van der Waals surface area contributed by atoms with Crippen molar-refractivity contribution in [3.8, 4) is 111 Å². The van der Waals surface area contributed by atoms with Gasteiger partial charge in [0.1, 0.15) is 22.3 Å². The van der Waals surface area contributed by atoms with E-state index in [9.17, 15) is 0 Å². The van der Waals surface area contributed by atoms with Crippen LogP contribution < -0.4 is 0 Å². The smallest absolute Gasteiger partial charge is 0.144 e. The minimum absolute atomic E-state index is 0.0276. The van der Waals surface area contributed by atoms with Crippen LogP contribution in [-0.2, 0) is 32.5 Å². The standard InChI is InChI=1S/C124H130O2/c1-13-17-21-25-29-41-65-123(66-42-30-26-22-18-14-2)99-49-37-33-45-85(99)91-61-55-81(71-107(91)123)79-53-59-87-89-63-57-83(73-103(89)119(5,6)101(87)69-79)95-75-109-115(117-113(95)93-47-35-39-51-111(93)125-117)97-77-106-98(78-105(97)121(109,9)10)116-110(122(106,11)12)76-96(114-94-48-36-40-52-112(94)126-118(114)116)84-58-64-90-88-60-54-80(70-102(88)120(7,8)104(90)74-84)82-56-62-92-86-46-34-38-50-100(86)124(108(92)72-82,67-43-31-27-23-19-15-3)68-44-32-28-24-20-16-4/h33-40,45-64,69-78H,13-32,41-44,65-68H2,1-12H3. The van der Waals surface area contributed by atoms with Crippen molar-refractivity contribution >= 4 is 43.9 Å². The number of rotatable bonds is 32. The van der Waals surface area contributed by atoms with Gasteiger partial charge in [-0.2, -0.15) is 0 Å². The zero-order valence-corrected chi connectivity index (χ0v) is 77.6. The quantitative estimate of drug-likeness (QED) is 0.0393. The monoisotopic (exact) mass is 1650 g/mol. The molecule has 126 heavy (non-hydrogen) atoms. The number of hydrogen-bond acceptors (Lipinski definition) is 2. The SMILES string of the molecule is CCCCCCCCC1(CCCCCCCC)c2ccccc2-c2ccc(-c3ccc4c(c3)C(C)(C)c3cc(-c5cc6c(c7oc8ccccc8c57)-c5cc7c(cc5C6(C)C)-c5c(cc(-c6ccc8c(c6)C(C)(C)c6cc(-c9ccc%10c(c9)C(CCCCCCCC)(CCCCCCCC)c9ccccc9-%10)ccc6-8)c6c5oc5ccccc56)C7(C)C)ccc3-4)cc21. The van der Waals surface area contributed by atoms with Gasteiger partial charge >= 0.3 is 0 Å². The van der Waals surface area contributed by atoms with Crippen molar-refractivity contribution in [2.45, 2.75) is 295 Å². The fraction of sp³-hybridized carbons (Fsp3) is 0.371. The molecular weight excluding hydrogens is 1520 g/mol. The molecule has 6 aliphatic carbocycles. The van der Waals surface area contributed by atoms with E-state index in [1.165, 1.54) is 346 Å². The highest BCUT2D eigenvalue weighted by Crippen LogP contribution is 2.65. The van der Waals surface area contributed by atoms with Gasteiger partial charge in [-0.05, 0) is 265 Å². The lowest BCUT2D eigenvalue weighted by atomic mass is 9.70. The Kier molecular flexibility index (Phi) is 21.2. The summed E-state index contributed by atoms with van der Waals surface area (Å²) in [5, 5.41) is 4.69. The highest BCUT2D eigenvalue weighted by Gasteiger charge is 2.49. The highest BCUT2D eigenvalue weighted by atomic mass is 16.3. The molecule has 0 atom stereocenters. The van der Waals surface area contributed by atoms with E-state index in [0.717, 1.165) is 33.1 Å². The lowest BCUT2D eigenvalue weighted by molar-refractivity contribution is 0.398. The van der Waals surface area contributed by atoms with Crippen LogP contribution in [0.3, 0.4) is 0 Å². The van der Waals surface area contributed by atoms with Gasteiger partial charge in [0.2, 0.25) is 0 Å². The normalized spacial score (nSPS) is 15.8. The van der Waals surface area contributed by atoms with E-state index >= 15 is 0 Å². The van der Waals surface area contributed by atoms with Crippen LogP contribution in [0, 0.1) is 0 Å². The molecule has 21 rings (SSSR count). The molecule has 638 valence electrons. The van der Waals surface area contributed by atoms with Crippen LogP contribution in [0.1, 0.15) is 330 Å². The van der Waals surface area contributed by atoms with Gasteiger partial charge in [0, 0.05) is 65.2 Å². The molecule has 6 aliphatic rings. The zero-order valence-electron chi connectivity index (χ0n) is 77.6. The Balaban J connectivity index is 0.611. The lowest BCUT2D eigenvalue weighted by Gasteiger charge is -2.33. The predicted molar refractivity (Wildman–Crippen MR) is 537 cm³/mol. The Morgan fingerprint density at radius 1 is 0.198 bits per heavy atom. The molecule has 0 fully saturated rings. The average Bonchev–Trinajstić information content (AvgIpc) is 1.51. The molecule has 0 saturated carbocycles.